The molecule has 1 aliphatic carbocycles. The number of nitrogens with two attached hydrogens (primary N) is 1. The highest BCUT2D eigenvalue weighted by atomic mass is 32.1. The molecular weight excluding hydrogens is 1040 g/mol. The number of fused-ring (bicyclic) bond motifs is 2. The first-order valence-corrected chi connectivity index (χ1v) is 28.7. The summed E-state index contributed by atoms with van der Waals surface area (Å²) in [5.41, 5.74) is 9.55. The fourth-order valence-corrected chi connectivity index (χ4v) is 9.28. The van der Waals surface area contributed by atoms with Crippen LogP contribution in [-0.2, 0) is 38.2 Å². The van der Waals surface area contributed by atoms with Gasteiger partial charge in [-0.1, -0.05) is 95.4 Å². The number of nitrogens with one attached hydrogen (secondary N) is 2. The molecule has 2 atom stereocenters. The van der Waals surface area contributed by atoms with E-state index in [0.29, 0.717) is 49.1 Å². The third-order valence-corrected chi connectivity index (χ3v) is 14.1. The number of hydrogen-bond acceptors (Lipinski definition) is 13. The van der Waals surface area contributed by atoms with Crippen LogP contribution in [-0.4, -0.2) is 169 Å². The van der Waals surface area contributed by atoms with Crippen molar-refractivity contribution in [2.24, 2.45) is 5.73 Å². The first-order valence-electron chi connectivity index (χ1n) is 28.0. The van der Waals surface area contributed by atoms with E-state index in [1.165, 1.54) is 73.0 Å². The number of carboxylic acids is 1. The zero-order valence-electron chi connectivity index (χ0n) is 48.9. The molecule has 6 amide bonds. The summed E-state index contributed by atoms with van der Waals surface area (Å²) in [4.78, 5) is 91.4. The third-order valence-electron chi connectivity index (χ3n) is 13.8. The SMILES string of the molecule is CCCCCCCCCCCCCC(=O)N(C)CC(=O)N(C)[C@@H](CS)C(=O)N(C)CCOCCOCC(=O)N[C@@H](CCCCNC(C)=O)C(N)=O.CN(C)c1ccc2c(-c3ccccc3C(=O)[O-])c3ccc(=[N+](C)C)cc-3oc2c1. The Balaban J connectivity index is 0.000000482. The molecule has 442 valence electrons. The molecule has 1 aliphatic heterocycles. The molecule has 0 aromatic heterocycles. The molecular formula is C60H90N8O11S. The quantitative estimate of drug-likeness (QED) is 0.0198. The number of aromatic carboxylic acids is 1. The van der Waals surface area contributed by atoms with Crippen molar-refractivity contribution in [3.05, 3.63) is 71.6 Å². The van der Waals surface area contributed by atoms with Gasteiger partial charge in [-0.3, -0.25) is 28.8 Å². The number of benzene rings is 3. The fraction of sp³-hybridized carbons (Fsp3) is 0.567. The standard InChI is InChI=1S/C36H68N6O8S.C24H22N2O3/c1-6-7-8-9-10-11-12-13-14-15-16-20-33(45)41(4)26-34(46)42(5)31(28-51)36(48)40(3)22-23-49-24-25-50-27-32(44)39-30(35(37)47)19-17-18-21-38-29(2)43;1-25(2)15-9-11-19-21(13-15)29-22-14-16(26(3)4)10-12-20(22)23(19)17-7-5-6-8-18(17)24(27)28/h30-31,51H,6-28H2,1-5H3,(H2,37,47)(H,38,43)(H,39,44);5-14H,1-4H3/t30-,31-;/m0./s1. The Morgan fingerprint density at radius 1 is 0.750 bits per heavy atom. The fourth-order valence-electron chi connectivity index (χ4n) is 8.88. The van der Waals surface area contributed by atoms with Gasteiger partial charge in [-0.15, -0.1) is 0 Å². The van der Waals surface area contributed by atoms with Crippen molar-refractivity contribution in [1.82, 2.24) is 29.9 Å². The summed E-state index contributed by atoms with van der Waals surface area (Å²) in [6.45, 7) is 4.49. The number of thiol groups is 1. The van der Waals surface area contributed by atoms with Gasteiger partial charge in [0.05, 0.1) is 38.4 Å². The molecule has 19 nitrogen and oxygen atoms in total. The maximum Gasteiger partial charge on any atom is 0.246 e. The largest absolute Gasteiger partial charge is 0.545 e. The first kappa shape index (κ1) is 67.8. The van der Waals surface area contributed by atoms with E-state index in [9.17, 15) is 38.7 Å². The molecule has 0 radical (unpaired) electrons. The lowest BCUT2D eigenvalue weighted by molar-refractivity contribution is -0.255. The highest BCUT2D eigenvalue weighted by Crippen LogP contribution is 2.41. The number of rotatable bonds is 35. The maximum absolute atomic E-state index is 13.1. The van der Waals surface area contributed by atoms with Crippen LogP contribution in [0.25, 0.3) is 33.4 Å². The Bertz CT molecular complexity index is 2660. The van der Waals surface area contributed by atoms with Crippen LogP contribution < -0.4 is 36.3 Å². The third kappa shape index (κ3) is 23.3. The lowest BCUT2D eigenvalue weighted by atomic mass is 9.90. The van der Waals surface area contributed by atoms with E-state index < -0.39 is 29.9 Å². The Hall–Kier alpha value is -6.51. The van der Waals surface area contributed by atoms with Crippen molar-refractivity contribution < 1.29 is 52.6 Å². The number of amides is 6. The van der Waals surface area contributed by atoms with Gasteiger partial charge in [0, 0.05) is 107 Å². The summed E-state index contributed by atoms with van der Waals surface area (Å²) in [5.74, 6) is -2.36. The molecule has 4 N–H and O–H groups in total. The van der Waals surface area contributed by atoms with Crippen LogP contribution in [0, 0.1) is 0 Å². The minimum atomic E-state index is -1.20. The molecule has 2 aliphatic rings. The predicted octanol–water partition coefficient (Wildman–Crippen LogP) is 5.34. The van der Waals surface area contributed by atoms with Gasteiger partial charge in [-0.05, 0) is 49.4 Å². The molecule has 20 heteroatoms. The van der Waals surface area contributed by atoms with Gasteiger partial charge in [0.25, 0.3) is 0 Å². The van der Waals surface area contributed by atoms with Gasteiger partial charge in [0.1, 0.15) is 44.1 Å². The number of unbranched alkanes of at least 4 members (excludes halogenated alkanes) is 11. The summed E-state index contributed by atoms with van der Waals surface area (Å²) in [6.07, 6.45) is 15.2. The molecule has 0 spiro atoms. The second-order valence-corrected chi connectivity index (χ2v) is 21.0. The van der Waals surface area contributed by atoms with Gasteiger partial charge >= 0.3 is 0 Å². The van der Waals surface area contributed by atoms with Crippen molar-refractivity contribution in [1.29, 1.82) is 0 Å². The molecule has 0 saturated heterocycles. The van der Waals surface area contributed by atoms with E-state index in [0.717, 1.165) is 46.8 Å². The van der Waals surface area contributed by atoms with E-state index in [1.807, 2.05) is 86.2 Å². The molecule has 4 rings (SSSR count). The van der Waals surface area contributed by atoms with Crippen molar-refractivity contribution in [3.8, 4) is 22.5 Å². The summed E-state index contributed by atoms with van der Waals surface area (Å²) in [7, 11) is 12.6. The van der Waals surface area contributed by atoms with Gasteiger partial charge in [-0.25, -0.2) is 4.58 Å². The summed E-state index contributed by atoms with van der Waals surface area (Å²) in [5, 5.41) is 18.9. The Morgan fingerprint density at radius 2 is 1.40 bits per heavy atom. The lowest BCUT2D eigenvalue weighted by Gasteiger charge is -2.31. The van der Waals surface area contributed by atoms with Crippen molar-refractivity contribution in [2.75, 3.05) is 106 Å². The van der Waals surface area contributed by atoms with Crippen molar-refractivity contribution >= 4 is 70.7 Å². The number of ether oxygens (including phenoxy) is 2. The van der Waals surface area contributed by atoms with E-state index in [2.05, 4.69) is 30.2 Å². The number of carbonyl (C=O) groups is 7. The first-order chi connectivity index (χ1) is 38.2. The van der Waals surface area contributed by atoms with E-state index in [1.54, 1.807) is 33.3 Å². The Morgan fingerprint density at radius 3 is 2.01 bits per heavy atom. The van der Waals surface area contributed by atoms with Gasteiger partial charge in [-0.2, -0.15) is 12.6 Å². The van der Waals surface area contributed by atoms with Crippen LogP contribution in [0.2, 0.25) is 0 Å². The molecule has 0 saturated carbocycles. The summed E-state index contributed by atoms with van der Waals surface area (Å²) < 4.78 is 19.1. The Labute approximate surface area is 479 Å². The van der Waals surface area contributed by atoms with E-state index in [4.69, 9.17) is 19.6 Å². The average Bonchev–Trinajstić information content (AvgIpc) is 3.46. The Kier molecular flexibility index (Phi) is 31.1. The maximum atomic E-state index is 13.1. The predicted molar refractivity (Wildman–Crippen MR) is 316 cm³/mol. The van der Waals surface area contributed by atoms with Gasteiger partial charge < -0.3 is 59.8 Å². The molecule has 0 unspecified atom stereocenters. The van der Waals surface area contributed by atoms with Crippen LogP contribution in [0.3, 0.4) is 0 Å². The van der Waals surface area contributed by atoms with Gasteiger partial charge in [0.15, 0.2) is 0 Å². The zero-order valence-corrected chi connectivity index (χ0v) is 49.8. The lowest BCUT2D eigenvalue weighted by Crippen LogP contribution is -2.52. The molecule has 80 heavy (non-hydrogen) atoms. The van der Waals surface area contributed by atoms with Crippen LogP contribution in [0.1, 0.15) is 121 Å². The van der Waals surface area contributed by atoms with Crippen molar-refractivity contribution in [3.63, 3.8) is 0 Å². The second-order valence-electron chi connectivity index (χ2n) is 20.6. The highest BCUT2D eigenvalue weighted by molar-refractivity contribution is 7.80. The second kappa shape index (κ2) is 36.7. The van der Waals surface area contributed by atoms with Crippen molar-refractivity contribution in [2.45, 2.75) is 122 Å². The molecule has 0 bridgehead atoms. The highest BCUT2D eigenvalue weighted by Gasteiger charge is 2.29. The molecule has 2 aromatic carbocycles. The van der Waals surface area contributed by atoms with Crippen LogP contribution >= 0.6 is 12.6 Å². The normalized spacial score (nSPS) is 11.7. The monoisotopic (exact) mass is 1130 g/mol. The number of carboxylic acid groups (broad SMARTS) is 1. The number of hydrogen-bond donors (Lipinski definition) is 4. The van der Waals surface area contributed by atoms with Crippen LogP contribution in [0.4, 0.5) is 5.69 Å². The summed E-state index contributed by atoms with van der Waals surface area (Å²) >= 11 is 4.31. The number of likely N-dealkylation sites (N-methyl/N-ethyl adjacent to an activating group) is 3. The molecule has 0 fully saturated rings. The zero-order chi connectivity index (χ0) is 59.1. The van der Waals surface area contributed by atoms with Crippen LogP contribution in [0.5, 0.6) is 0 Å². The minimum Gasteiger partial charge on any atom is -0.545 e. The number of nitrogens with zero attached hydrogens (tertiary/aromatic N) is 5. The smallest absolute Gasteiger partial charge is 0.246 e. The number of primary amides is 1. The summed E-state index contributed by atoms with van der Waals surface area (Å²) in [6, 6.07) is 17.2. The van der Waals surface area contributed by atoms with E-state index >= 15 is 0 Å². The van der Waals surface area contributed by atoms with Gasteiger partial charge in [0.2, 0.25) is 40.8 Å². The van der Waals surface area contributed by atoms with E-state index in [-0.39, 0.29) is 74.5 Å². The molecule has 2 aromatic rings. The average molecular weight is 1130 g/mol. The minimum absolute atomic E-state index is 0.0817. The number of carbonyl (C=O) groups excluding carboxylic acids is 7. The number of anilines is 1. The van der Waals surface area contributed by atoms with Crippen LogP contribution in [0.15, 0.2) is 65.1 Å². The molecule has 1 heterocycles. The topological polar surface area (TPSA) is 240 Å².